The van der Waals surface area contributed by atoms with Gasteiger partial charge in [0.05, 0.1) is 17.1 Å². The minimum absolute atomic E-state index is 0.00952. The van der Waals surface area contributed by atoms with Gasteiger partial charge < -0.3 is 10.1 Å². The Balaban J connectivity index is 2.75. The summed E-state index contributed by atoms with van der Waals surface area (Å²) in [6.45, 7) is 4.34. The van der Waals surface area contributed by atoms with Crippen molar-refractivity contribution in [1.29, 1.82) is 0 Å². The van der Waals surface area contributed by atoms with Crippen LogP contribution in [0.4, 0.5) is 11.4 Å². The first-order valence-corrected chi connectivity index (χ1v) is 8.11. The third-order valence-electron chi connectivity index (χ3n) is 2.41. The molecule has 20 heavy (non-hydrogen) atoms. The molecule has 1 unspecified atom stereocenters. The lowest BCUT2D eigenvalue weighted by atomic mass is 10.2. The summed E-state index contributed by atoms with van der Waals surface area (Å²) in [6.07, 6.45) is 2.35. The molecular weight excluding hydrogens is 280 g/mol. The van der Waals surface area contributed by atoms with Crippen LogP contribution in [0.5, 0.6) is 5.75 Å². The summed E-state index contributed by atoms with van der Waals surface area (Å²) in [6, 6.07) is 4.61. The zero-order valence-corrected chi connectivity index (χ0v) is 12.7. The minimum Gasteiger partial charge on any atom is -0.491 e. The number of nitrogens with one attached hydrogen (secondary N) is 1. The van der Waals surface area contributed by atoms with Gasteiger partial charge in [-0.3, -0.25) is 14.3 Å². The Labute approximate surface area is 121 Å². The lowest BCUT2D eigenvalue weighted by molar-refractivity contribution is -0.384. The number of benzene rings is 1. The van der Waals surface area contributed by atoms with Gasteiger partial charge in [-0.1, -0.05) is 0 Å². The van der Waals surface area contributed by atoms with E-state index in [1.165, 1.54) is 12.1 Å². The first-order chi connectivity index (χ1) is 9.38. The highest BCUT2D eigenvalue weighted by molar-refractivity contribution is 7.84. The van der Waals surface area contributed by atoms with Gasteiger partial charge in [0, 0.05) is 47.2 Å². The summed E-state index contributed by atoms with van der Waals surface area (Å²) in [5, 5.41) is 14.0. The SMILES string of the molecule is CC(C)Oc1cc(NCCCS(C)=O)cc([N+](=O)[O-])c1. The Hall–Kier alpha value is -1.63. The molecule has 0 radical (unpaired) electrons. The van der Waals surface area contributed by atoms with Crippen LogP contribution in [-0.2, 0) is 10.8 Å². The van der Waals surface area contributed by atoms with E-state index in [1.807, 2.05) is 13.8 Å². The standard InChI is InChI=1S/C13H20N2O4S/c1-10(2)19-13-8-11(7-12(9-13)15(16)17)14-5-4-6-20(3)18/h7-10,14H,4-6H2,1-3H3. The Kier molecular flexibility index (Phi) is 6.44. The summed E-state index contributed by atoms with van der Waals surface area (Å²) in [7, 11) is -0.820. The van der Waals surface area contributed by atoms with Gasteiger partial charge in [-0.25, -0.2) is 0 Å². The molecule has 0 spiro atoms. The number of nitro benzene ring substituents is 1. The molecule has 0 saturated heterocycles. The molecule has 0 aliphatic rings. The third kappa shape index (κ3) is 6.01. The van der Waals surface area contributed by atoms with Gasteiger partial charge in [0.25, 0.3) is 5.69 Å². The Morgan fingerprint density at radius 3 is 2.65 bits per heavy atom. The summed E-state index contributed by atoms with van der Waals surface area (Å²) in [4.78, 5) is 10.4. The summed E-state index contributed by atoms with van der Waals surface area (Å²) >= 11 is 0. The van der Waals surface area contributed by atoms with Crippen LogP contribution in [0.2, 0.25) is 0 Å². The molecule has 0 aromatic heterocycles. The van der Waals surface area contributed by atoms with Gasteiger partial charge in [-0.05, 0) is 20.3 Å². The highest BCUT2D eigenvalue weighted by Crippen LogP contribution is 2.26. The number of nitrogens with zero attached hydrogens (tertiary/aromatic N) is 1. The van der Waals surface area contributed by atoms with Crippen LogP contribution in [0.1, 0.15) is 20.3 Å². The Morgan fingerprint density at radius 1 is 1.40 bits per heavy atom. The van der Waals surface area contributed by atoms with Gasteiger partial charge in [0.15, 0.2) is 0 Å². The molecule has 1 atom stereocenters. The monoisotopic (exact) mass is 300 g/mol. The highest BCUT2D eigenvalue weighted by Gasteiger charge is 2.11. The second-order valence-corrected chi connectivity index (χ2v) is 6.25. The predicted octanol–water partition coefficient (Wildman–Crippen LogP) is 2.56. The molecule has 1 aromatic rings. The van der Waals surface area contributed by atoms with E-state index in [1.54, 1.807) is 12.3 Å². The lowest BCUT2D eigenvalue weighted by Crippen LogP contribution is -2.08. The van der Waals surface area contributed by atoms with Gasteiger partial charge in [-0.2, -0.15) is 0 Å². The summed E-state index contributed by atoms with van der Waals surface area (Å²) in [5.74, 6) is 1.08. The number of ether oxygens (including phenoxy) is 1. The molecule has 6 nitrogen and oxygen atoms in total. The predicted molar refractivity (Wildman–Crippen MR) is 80.9 cm³/mol. The van der Waals surface area contributed by atoms with Crippen molar-refractivity contribution >= 4 is 22.2 Å². The molecule has 0 fully saturated rings. The maximum Gasteiger partial charge on any atom is 0.275 e. The van der Waals surface area contributed by atoms with Crippen LogP contribution < -0.4 is 10.1 Å². The third-order valence-corrected chi connectivity index (χ3v) is 3.28. The quantitative estimate of drug-likeness (QED) is 0.453. The van der Waals surface area contributed by atoms with E-state index < -0.39 is 15.7 Å². The second-order valence-electron chi connectivity index (χ2n) is 4.70. The number of nitro groups is 1. The lowest BCUT2D eigenvalue weighted by Gasteiger charge is -2.12. The molecule has 0 bridgehead atoms. The maximum absolute atomic E-state index is 10.9. The van der Waals surface area contributed by atoms with Gasteiger partial charge in [0.2, 0.25) is 0 Å². The van der Waals surface area contributed by atoms with E-state index in [0.29, 0.717) is 23.7 Å². The molecule has 112 valence electrons. The summed E-state index contributed by atoms with van der Waals surface area (Å²) in [5.41, 5.74) is 0.626. The van der Waals surface area contributed by atoms with Crippen molar-refractivity contribution in [2.45, 2.75) is 26.4 Å². The van der Waals surface area contributed by atoms with Gasteiger partial charge >= 0.3 is 0 Å². The Morgan fingerprint density at radius 2 is 2.10 bits per heavy atom. The fourth-order valence-corrected chi connectivity index (χ4v) is 2.19. The Bertz CT molecular complexity index is 491. The van der Waals surface area contributed by atoms with Crippen molar-refractivity contribution in [3.63, 3.8) is 0 Å². The number of hydrogen-bond acceptors (Lipinski definition) is 5. The van der Waals surface area contributed by atoms with E-state index in [0.717, 1.165) is 6.42 Å². The molecule has 1 rings (SSSR count). The second kappa shape index (κ2) is 7.84. The van der Waals surface area contributed by atoms with E-state index in [-0.39, 0.29) is 11.8 Å². The fourth-order valence-electron chi connectivity index (χ4n) is 1.64. The zero-order chi connectivity index (χ0) is 15.1. The van der Waals surface area contributed by atoms with Crippen molar-refractivity contribution in [2.24, 2.45) is 0 Å². The van der Waals surface area contributed by atoms with E-state index >= 15 is 0 Å². The molecular formula is C13H20N2O4S. The topological polar surface area (TPSA) is 81.5 Å². The number of hydrogen-bond donors (Lipinski definition) is 1. The normalized spacial score (nSPS) is 12.2. The maximum atomic E-state index is 10.9. The largest absolute Gasteiger partial charge is 0.491 e. The average Bonchev–Trinajstić information content (AvgIpc) is 2.33. The van der Waals surface area contributed by atoms with E-state index in [4.69, 9.17) is 4.74 Å². The van der Waals surface area contributed by atoms with Crippen molar-refractivity contribution < 1.29 is 13.9 Å². The van der Waals surface area contributed by atoms with Crippen LogP contribution in [0.3, 0.4) is 0 Å². The van der Waals surface area contributed by atoms with Crippen molar-refractivity contribution in [3.8, 4) is 5.75 Å². The number of rotatable bonds is 8. The smallest absolute Gasteiger partial charge is 0.275 e. The fraction of sp³-hybridized carbons (Fsp3) is 0.538. The number of anilines is 1. The van der Waals surface area contributed by atoms with Crippen LogP contribution in [0.25, 0.3) is 0 Å². The van der Waals surface area contributed by atoms with Crippen LogP contribution in [0, 0.1) is 10.1 Å². The molecule has 1 aromatic carbocycles. The van der Waals surface area contributed by atoms with Crippen LogP contribution in [-0.4, -0.2) is 33.8 Å². The van der Waals surface area contributed by atoms with Crippen molar-refractivity contribution in [3.05, 3.63) is 28.3 Å². The number of non-ortho nitro benzene ring substituents is 1. The molecule has 1 N–H and O–H groups in total. The highest BCUT2D eigenvalue weighted by atomic mass is 32.2. The molecule has 7 heteroatoms. The van der Waals surface area contributed by atoms with E-state index in [2.05, 4.69) is 5.32 Å². The first-order valence-electron chi connectivity index (χ1n) is 6.38. The van der Waals surface area contributed by atoms with Gasteiger partial charge in [-0.15, -0.1) is 0 Å². The van der Waals surface area contributed by atoms with Crippen molar-refractivity contribution in [2.75, 3.05) is 23.9 Å². The van der Waals surface area contributed by atoms with Crippen LogP contribution >= 0.6 is 0 Å². The first kappa shape index (κ1) is 16.4. The molecule has 0 aliphatic carbocycles. The molecule has 0 amide bonds. The van der Waals surface area contributed by atoms with Crippen molar-refractivity contribution in [1.82, 2.24) is 0 Å². The van der Waals surface area contributed by atoms with Gasteiger partial charge in [0.1, 0.15) is 5.75 Å². The van der Waals surface area contributed by atoms with Crippen LogP contribution in [0.15, 0.2) is 18.2 Å². The average molecular weight is 300 g/mol. The minimum atomic E-state index is -0.820. The molecule has 0 aliphatic heterocycles. The van der Waals surface area contributed by atoms with E-state index in [9.17, 15) is 14.3 Å². The zero-order valence-electron chi connectivity index (χ0n) is 11.9. The molecule has 0 saturated carbocycles. The summed E-state index contributed by atoms with van der Waals surface area (Å²) < 4.78 is 16.4. The molecule has 0 heterocycles.